The van der Waals surface area contributed by atoms with E-state index in [2.05, 4.69) is 0 Å². The molecule has 2 rings (SSSR count). The van der Waals surface area contributed by atoms with Crippen molar-refractivity contribution in [2.75, 3.05) is 0 Å². The van der Waals surface area contributed by atoms with Gasteiger partial charge in [0.25, 0.3) is 0 Å². The SMILES string of the molecule is Cc1cccc(CC(O)c2ccc(Cl)o2)c1. The van der Waals surface area contributed by atoms with Gasteiger partial charge < -0.3 is 9.52 Å². The minimum atomic E-state index is -0.644. The van der Waals surface area contributed by atoms with Crippen molar-refractivity contribution in [2.45, 2.75) is 19.4 Å². The van der Waals surface area contributed by atoms with Gasteiger partial charge in [-0.2, -0.15) is 0 Å². The van der Waals surface area contributed by atoms with E-state index in [-0.39, 0.29) is 0 Å². The average Bonchev–Trinajstić information content (AvgIpc) is 2.65. The van der Waals surface area contributed by atoms with Gasteiger partial charge in [0.05, 0.1) is 0 Å². The fourth-order valence-electron chi connectivity index (χ4n) is 1.67. The normalized spacial score (nSPS) is 12.7. The maximum atomic E-state index is 9.93. The Balaban J connectivity index is 2.10. The van der Waals surface area contributed by atoms with Gasteiger partial charge in [0.1, 0.15) is 11.9 Å². The first kappa shape index (κ1) is 11.2. The Bertz CT molecular complexity index is 476. The summed E-state index contributed by atoms with van der Waals surface area (Å²) in [4.78, 5) is 0. The van der Waals surface area contributed by atoms with Gasteiger partial charge in [-0.1, -0.05) is 29.8 Å². The van der Waals surface area contributed by atoms with Gasteiger partial charge in [-0.05, 0) is 36.2 Å². The second-order valence-electron chi connectivity index (χ2n) is 3.85. The summed E-state index contributed by atoms with van der Waals surface area (Å²) in [5.74, 6) is 0.506. The van der Waals surface area contributed by atoms with Crippen molar-refractivity contribution < 1.29 is 9.52 Å². The lowest BCUT2D eigenvalue weighted by Crippen LogP contribution is -2.00. The van der Waals surface area contributed by atoms with E-state index >= 15 is 0 Å². The summed E-state index contributed by atoms with van der Waals surface area (Å²) in [6, 6.07) is 11.4. The van der Waals surface area contributed by atoms with E-state index in [4.69, 9.17) is 16.0 Å². The fraction of sp³-hybridized carbons (Fsp3) is 0.231. The number of halogens is 1. The molecule has 84 valence electrons. The van der Waals surface area contributed by atoms with Crippen LogP contribution in [0.25, 0.3) is 0 Å². The lowest BCUT2D eigenvalue weighted by molar-refractivity contribution is 0.150. The average molecular weight is 237 g/mol. The van der Waals surface area contributed by atoms with Gasteiger partial charge in [-0.3, -0.25) is 0 Å². The van der Waals surface area contributed by atoms with E-state index in [1.165, 1.54) is 5.56 Å². The summed E-state index contributed by atoms with van der Waals surface area (Å²) >= 11 is 5.65. The van der Waals surface area contributed by atoms with Gasteiger partial charge in [0, 0.05) is 6.42 Å². The molecule has 0 bridgehead atoms. The zero-order valence-corrected chi connectivity index (χ0v) is 9.74. The highest BCUT2D eigenvalue weighted by molar-refractivity contribution is 6.28. The third kappa shape index (κ3) is 2.65. The molecule has 2 aromatic rings. The summed E-state index contributed by atoms with van der Waals surface area (Å²) in [5.41, 5.74) is 2.27. The summed E-state index contributed by atoms with van der Waals surface area (Å²) in [6.07, 6.45) is -0.111. The van der Waals surface area contributed by atoms with Crippen LogP contribution in [0.2, 0.25) is 5.22 Å². The summed E-state index contributed by atoms with van der Waals surface area (Å²) in [6.45, 7) is 2.03. The van der Waals surface area contributed by atoms with Crippen LogP contribution in [0.3, 0.4) is 0 Å². The lowest BCUT2D eigenvalue weighted by Gasteiger charge is -2.08. The van der Waals surface area contributed by atoms with Gasteiger partial charge in [-0.25, -0.2) is 0 Å². The molecule has 0 spiro atoms. The molecule has 1 unspecified atom stereocenters. The molecule has 0 aliphatic carbocycles. The Morgan fingerprint density at radius 1 is 1.31 bits per heavy atom. The van der Waals surface area contributed by atoms with Crippen molar-refractivity contribution in [1.82, 2.24) is 0 Å². The molecule has 16 heavy (non-hydrogen) atoms. The number of aliphatic hydroxyl groups is 1. The van der Waals surface area contributed by atoms with Crippen molar-refractivity contribution in [2.24, 2.45) is 0 Å². The van der Waals surface area contributed by atoms with Crippen molar-refractivity contribution in [3.05, 3.63) is 58.5 Å². The van der Waals surface area contributed by atoms with Crippen LogP contribution in [0, 0.1) is 6.92 Å². The predicted octanol–water partition coefficient (Wildman–Crippen LogP) is 3.52. The highest BCUT2D eigenvalue weighted by Gasteiger charge is 2.12. The number of benzene rings is 1. The van der Waals surface area contributed by atoms with Crippen LogP contribution in [-0.2, 0) is 6.42 Å². The Labute approximate surface area is 99.5 Å². The molecule has 0 radical (unpaired) electrons. The number of rotatable bonds is 3. The highest BCUT2D eigenvalue weighted by Crippen LogP contribution is 2.23. The quantitative estimate of drug-likeness (QED) is 0.885. The lowest BCUT2D eigenvalue weighted by atomic mass is 10.0. The summed E-state index contributed by atoms with van der Waals surface area (Å²) < 4.78 is 5.16. The van der Waals surface area contributed by atoms with Crippen LogP contribution in [0.5, 0.6) is 0 Å². The second-order valence-corrected chi connectivity index (χ2v) is 4.22. The van der Waals surface area contributed by atoms with E-state index in [1.54, 1.807) is 12.1 Å². The van der Waals surface area contributed by atoms with Crippen molar-refractivity contribution >= 4 is 11.6 Å². The van der Waals surface area contributed by atoms with Crippen LogP contribution in [0.15, 0.2) is 40.8 Å². The van der Waals surface area contributed by atoms with E-state index in [0.29, 0.717) is 17.4 Å². The molecule has 0 saturated heterocycles. The molecule has 0 amide bonds. The largest absolute Gasteiger partial charge is 0.447 e. The molecule has 1 N–H and O–H groups in total. The number of hydrogen-bond donors (Lipinski definition) is 1. The Hall–Kier alpha value is -1.25. The maximum absolute atomic E-state index is 9.93. The number of furan rings is 1. The molecule has 1 aromatic carbocycles. The Morgan fingerprint density at radius 2 is 2.12 bits per heavy atom. The van der Waals surface area contributed by atoms with Crippen LogP contribution < -0.4 is 0 Å². The molecule has 0 aliphatic rings. The molecule has 2 nitrogen and oxygen atoms in total. The number of hydrogen-bond acceptors (Lipinski definition) is 2. The molecular formula is C13H13ClO2. The van der Waals surface area contributed by atoms with Crippen LogP contribution in [-0.4, -0.2) is 5.11 Å². The Morgan fingerprint density at radius 3 is 2.75 bits per heavy atom. The predicted molar refractivity (Wildman–Crippen MR) is 63.6 cm³/mol. The standard InChI is InChI=1S/C13H13ClO2/c1-9-3-2-4-10(7-9)8-11(15)12-5-6-13(14)16-12/h2-7,11,15H,8H2,1H3. The first-order valence-corrected chi connectivity index (χ1v) is 5.52. The van der Waals surface area contributed by atoms with Crippen LogP contribution >= 0.6 is 11.6 Å². The third-order valence-electron chi connectivity index (χ3n) is 2.43. The number of aliphatic hydroxyl groups excluding tert-OH is 1. The Kier molecular flexibility index (Phi) is 3.32. The maximum Gasteiger partial charge on any atom is 0.193 e. The summed E-state index contributed by atoms with van der Waals surface area (Å²) in [7, 11) is 0. The second kappa shape index (κ2) is 4.73. The third-order valence-corrected chi connectivity index (χ3v) is 2.64. The van der Waals surface area contributed by atoms with Crippen molar-refractivity contribution in [1.29, 1.82) is 0 Å². The molecule has 0 fully saturated rings. The molecule has 0 saturated carbocycles. The van der Waals surface area contributed by atoms with Crippen LogP contribution in [0.1, 0.15) is 23.0 Å². The van der Waals surface area contributed by atoms with Crippen molar-refractivity contribution in [3.63, 3.8) is 0 Å². The smallest absolute Gasteiger partial charge is 0.193 e. The number of aryl methyl sites for hydroxylation is 1. The molecule has 3 heteroatoms. The first-order valence-electron chi connectivity index (χ1n) is 5.14. The van der Waals surface area contributed by atoms with E-state index in [0.717, 1.165) is 5.56 Å². The topological polar surface area (TPSA) is 33.4 Å². The van der Waals surface area contributed by atoms with E-state index < -0.39 is 6.10 Å². The minimum Gasteiger partial charge on any atom is -0.447 e. The van der Waals surface area contributed by atoms with Gasteiger partial charge in [0.2, 0.25) is 0 Å². The van der Waals surface area contributed by atoms with Gasteiger partial charge >= 0.3 is 0 Å². The first-order chi connectivity index (χ1) is 7.65. The molecule has 1 heterocycles. The van der Waals surface area contributed by atoms with Crippen molar-refractivity contribution in [3.8, 4) is 0 Å². The zero-order valence-electron chi connectivity index (χ0n) is 8.98. The molecule has 1 aromatic heterocycles. The highest BCUT2D eigenvalue weighted by atomic mass is 35.5. The molecular weight excluding hydrogens is 224 g/mol. The molecule has 1 atom stereocenters. The van der Waals surface area contributed by atoms with E-state index in [1.807, 2.05) is 31.2 Å². The zero-order chi connectivity index (χ0) is 11.5. The minimum absolute atomic E-state index is 0.304. The van der Waals surface area contributed by atoms with Gasteiger partial charge in [-0.15, -0.1) is 0 Å². The monoisotopic (exact) mass is 236 g/mol. The van der Waals surface area contributed by atoms with Gasteiger partial charge in [0.15, 0.2) is 5.22 Å². The molecule has 0 aliphatic heterocycles. The summed E-state index contributed by atoms with van der Waals surface area (Å²) in [5, 5.41) is 10.2. The van der Waals surface area contributed by atoms with Crippen LogP contribution in [0.4, 0.5) is 0 Å². The van der Waals surface area contributed by atoms with E-state index in [9.17, 15) is 5.11 Å². The fourth-order valence-corrected chi connectivity index (χ4v) is 1.82.